The van der Waals surface area contributed by atoms with Crippen LogP contribution in [-0.2, 0) is 6.42 Å². The van der Waals surface area contributed by atoms with Gasteiger partial charge in [0, 0.05) is 12.1 Å². The van der Waals surface area contributed by atoms with Gasteiger partial charge in [0.1, 0.15) is 11.4 Å². The van der Waals surface area contributed by atoms with Crippen LogP contribution in [0.4, 0.5) is 5.69 Å². The van der Waals surface area contributed by atoms with E-state index in [0.29, 0.717) is 23.7 Å². The number of hydrogen-bond donors (Lipinski definition) is 2. The first kappa shape index (κ1) is 21.4. The van der Waals surface area contributed by atoms with E-state index < -0.39 is 0 Å². The van der Waals surface area contributed by atoms with Crippen LogP contribution in [0, 0.1) is 6.92 Å². The van der Waals surface area contributed by atoms with E-state index in [4.69, 9.17) is 15.5 Å². The minimum absolute atomic E-state index is 0.181. The Morgan fingerprint density at radius 3 is 2.53 bits per heavy atom. The van der Waals surface area contributed by atoms with Gasteiger partial charge in [0.25, 0.3) is 5.91 Å². The highest BCUT2D eigenvalue weighted by atomic mass is 16.5. The molecule has 2 aromatic carbocycles. The van der Waals surface area contributed by atoms with Crippen molar-refractivity contribution in [1.82, 2.24) is 10.3 Å². The van der Waals surface area contributed by atoms with Crippen molar-refractivity contribution in [2.75, 3.05) is 19.4 Å². The standard InChI is InChI=1S/C25H29N3O2/c1-5-9-19-20(18-11-8-7-10-16(18)3)15-22(25(29)27-6-2)28-24(19)17-12-13-21(26)23(14-17)30-4/h7-8,10-15H,5-6,9,26H2,1-4H3,(H,27,29). The average molecular weight is 404 g/mol. The number of nitrogens with zero attached hydrogens (tertiary/aromatic N) is 1. The van der Waals surface area contributed by atoms with Gasteiger partial charge in [0.2, 0.25) is 0 Å². The highest BCUT2D eigenvalue weighted by Gasteiger charge is 2.20. The number of nitrogens with one attached hydrogen (secondary N) is 1. The second kappa shape index (κ2) is 9.44. The Morgan fingerprint density at radius 1 is 1.10 bits per heavy atom. The van der Waals surface area contributed by atoms with Gasteiger partial charge >= 0.3 is 0 Å². The van der Waals surface area contributed by atoms with Gasteiger partial charge in [-0.3, -0.25) is 4.79 Å². The summed E-state index contributed by atoms with van der Waals surface area (Å²) in [6.07, 6.45) is 1.80. The van der Waals surface area contributed by atoms with Crippen molar-refractivity contribution in [2.24, 2.45) is 0 Å². The molecule has 156 valence electrons. The number of rotatable bonds is 7. The number of benzene rings is 2. The number of hydrogen-bond acceptors (Lipinski definition) is 4. The highest BCUT2D eigenvalue weighted by molar-refractivity contribution is 5.95. The van der Waals surface area contributed by atoms with Gasteiger partial charge in [-0.1, -0.05) is 43.7 Å². The van der Waals surface area contributed by atoms with Crippen LogP contribution in [0.15, 0.2) is 48.5 Å². The van der Waals surface area contributed by atoms with Crippen LogP contribution >= 0.6 is 0 Å². The molecule has 0 aliphatic heterocycles. The fraction of sp³-hybridized carbons (Fsp3) is 0.280. The smallest absolute Gasteiger partial charge is 0.269 e. The quantitative estimate of drug-likeness (QED) is 0.543. The molecule has 0 aliphatic rings. The summed E-state index contributed by atoms with van der Waals surface area (Å²) < 4.78 is 5.43. The van der Waals surface area contributed by atoms with Crippen LogP contribution < -0.4 is 15.8 Å². The largest absolute Gasteiger partial charge is 0.495 e. The summed E-state index contributed by atoms with van der Waals surface area (Å²) in [5.41, 5.74) is 13.1. The number of aryl methyl sites for hydroxylation is 1. The molecule has 1 amide bonds. The Kier molecular flexibility index (Phi) is 6.72. The molecule has 0 bridgehead atoms. The Bertz CT molecular complexity index is 1060. The first-order valence-electron chi connectivity index (χ1n) is 10.3. The highest BCUT2D eigenvalue weighted by Crippen LogP contribution is 2.36. The van der Waals surface area contributed by atoms with E-state index in [1.807, 2.05) is 43.3 Å². The maximum Gasteiger partial charge on any atom is 0.269 e. The molecular weight excluding hydrogens is 374 g/mol. The van der Waals surface area contributed by atoms with Crippen molar-refractivity contribution < 1.29 is 9.53 Å². The van der Waals surface area contributed by atoms with Crippen molar-refractivity contribution in [3.8, 4) is 28.1 Å². The van der Waals surface area contributed by atoms with E-state index in [1.54, 1.807) is 7.11 Å². The summed E-state index contributed by atoms with van der Waals surface area (Å²) in [6, 6.07) is 15.8. The van der Waals surface area contributed by atoms with E-state index in [1.165, 1.54) is 0 Å². The average Bonchev–Trinajstić information content (AvgIpc) is 2.75. The second-order valence-electron chi connectivity index (χ2n) is 7.26. The lowest BCUT2D eigenvalue weighted by atomic mass is 9.90. The molecule has 1 heterocycles. The zero-order valence-corrected chi connectivity index (χ0v) is 18.1. The topological polar surface area (TPSA) is 77.2 Å². The second-order valence-corrected chi connectivity index (χ2v) is 7.26. The van der Waals surface area contributed by atoms with E-state index in [2.05, 4.69) is 31.3 Å². The number of carbonyl (C=O) groups is 1. The Morgan fingerprint density at radius 2 is 1.87 bits per heavy atom. The zero-order valence-electron chi connectivity index (χ0n) is 18.1. The molecule has 3 N–H and O–H groups in total. The number of ether oxygens (including phenoxy) is 1. The number of nitrogens with two attached hydrogens (primary N) is 1. The minimum atomic E-state index is -0.181. The molecule has 5 heteroatoms. The fourth-order valence-electron chi connectivity index (χ4n) is 3.65. The monoisotopic (exact) mass is 403 g/mol. The van der Waals surface area contributed by atoms with Crippen LogP contribution in [0.1, 0.15) is 41.9 Å². The SMILES string of the molecule is CCCc1c(-c2ccccc2C)cc(C(=O)NCC)nc1-c1ccc(N)c(OC)c1. The number of carbonyl (C=O) groups excluding carboxylic acids is 1. The van der Waals surface area contributed by atoms with Gasteiger partial charge in [-0.05, 0) is 60.7 Å². The van der Waals surface area contributed by atoms with Crippen LogP contribution in [-0.4, -0.2) is 24.5 Å². The molecule has 0 aliphatic carbocycles. The fourth-order valence-corrected chi connectivity index (χ4v) is 3.65. The van der Waals surface area contributed by atoms with Crippen LogP contribution in [0.5, 0.6) is 5.75 Å². The maximum absolute atomic E-state index is 12.7. The van der Waals surface area contributed by atoms with Crippen molar-refractivity contribution in [3.63, 3.8) is 0 Å². The number of nitrogen functional groups attached to an aromatic ring is 1. The minimum Gasteiger partial charge on any atom is -0.495 e. The van der Waals surface area contributed by atoms with Crippen LogP contribution in [0.3, 0.4) is 0 Å². The number of methoxy groups -OCH3 is 1. The Labute approximate surface area is 178 Å². The molecule has 0 saturated carbocycles. The van der Waals surface area contributed by atoms with Crippen LogP contribution in [0.2, 0.25) is 0 Å². The summed E-state index contributed by atoms with van der Waals surface area (Å²) in [5.74, 6) is 0.414. The maximum atomic E-state index is 12.7. The summed E-state index contributed by atoms with van der Waals surface area (Å²) >= 11 is 0. The van der Waals surface area contributed by atoms with E-state index in [-0.39, 0.29) is 5.91 Å². The third-order valence-corrected chi connectivity index (χ3v) is 5.14. The molecule has 30 heavy (non-hydrogen) atoms. The van der Waals surface area contributed by atoms with Crippen LogP contribution in [0.25, 0.3) is 22.4 Å². The lowest BCUT2D eigenvalue weighted by Crippen LogP contribution is -2.24. The first-order chi connectivity index (χ1) is 14.5. The normalized spacial score (nSPS) is 10.7. The van der Waals surface area contributed by atoms with Crippen molar-refractivity contribution in [3.05, 3.63) is 65.4 Å². The Balaban J connectivity index is 2.34. The molecule has 5 nitrogen and oxygen atoms in total. The molecule has 0 fully saturated rings. The molecule has 0 saturated heterocycles. The lowest BCUT2D eigenvalue weighted by molar-refractivity contribution is 0.0951. The number of pyridine rings is 1. The van der Waals surface area contributed by atoms with Gasteiger partial charge in [-0.25, -0.2) is 4.98 Å². The summed E-state index contributed by atoms with van der Waals surface area (Å²) in [7, 11) is 1.60. The first-order valence-corrected chi connectivity index (χ1v) is 10.3. The van der Waals surface area contributed by atoms with E-state index in [0.717, 1.165) is 46.4 Å². The van der Waals surface area contributed by atoms with Crippen molar-refractivity contribution in [1.29, 1.82) is 0 Å². The third kappa shape index (κ3) is 4.30. The molecule has 3 rings (SSSR count). The number of amides is 1. The predicted octanol–water partition coefficient (Wildman–Crippen LogP) is 5.02. The van der Waals surface area contributed by atoms with Crippen molar-refractivity contribution in [2.45, 2.75) is 33.6 Å². The van der Waals surface area contributed by atoms with Gasteiger partial charge in [0.15, 0.2) is 0 Å². The summed E-state index contributed by atoms with van der Waals surface area (Å²) in [4.78, 5) is 17.5. The lowest BCUT2D eigenvalue weighted by Gasteiger charge is -2.18. The van der Waals surface area contributed by atoms with Crippen molar-refractivity contribution >= 4 is 11.6 Å². The van der Waals surface area contributed by atoms with E-state index >= 15 is 0 Å². The molecule has 0 unspecified atom stereocenters. The third-order valence-electron chi connectivity index (χ3n) is 5.14. The van der Waals surface area contributed by atoms with Gasteiger partial charge in [-0.15, -0.1) is 0 Å². The molecule has 1 aromatic heterocycles. The van der Waals surface area contributed by atoms with E-state index in [9.17, 15) is 4.79 Å². The molecule has 0 radical (unpaired) electrons. The Hall–Kier alpha value is -3.34. The summed E-state index contributed by atoms with van der Waals surface area (Å²) in [6.45, 7) is 6.68. The molecule has 3 aromatic rings. The number of aromatic nitrogens is 1. The predicted molar refractivity (Wildman–Crippen MR) is 123 cm³/mol. The number of anilines is 1. The molecular formula is C25H29N3O2. The zero-order chi connectivity index (χ0) is 21.7. The van der Waals surface area contributed by atoms with Gasteiger partial charge in [0.05, 0.1) is 18.5 Å². The van der Waals surface area contributed by atoms with Gasteiger partial charge < -0.3 is 15.8 Å². The van der Waals surface area contributed by atoms with Gasteiger partial charge in [-0.2, -0.15) is 0 Å². The molecule has 0 spiro atoms. The molecule has 0 atom stereocenters. The summed E-state index contributed by atoms with van der Waals surface area (Å²) in [5, 5.41) is 2.87.